The quantitative estimate of drug-likeness (QED) is 0.803. The van der Waals surface area contributed by atoms with Crippen LogP contribution in [0, 0.1) is 34.3 Å². The molecule has 0 aliphatic heterocycles. The molecule has 0 N–H and O–H groups in total. The Balaban J connectivity index is 3.90. The molecule has 0 heterocycles. The minimum Gasteiger partial charge on any atom is -0.373 e. The zero-order valence-corrected chi connectivity index (χ0v) is 10.5. The summed E-state index contributed by atoms with van der Waals surface area (Å²) in [5, 5.41) is 17.7. The van der Waals surface area contributed by atoms with Gasteiger partial charge in [-0.15, -0.1) is 0 Å². The number of nitrogens with zero attached hydrogens (tertiary/aromatic N) is 4. The summed E-state index contributed by atoms with van der Waals surface area (Å²) in [5.41, 5.74) is -1.23. The Labute approximate surface area is 104 Å². The lowest BCUT2D eigenvalue weighted by Gasteiger charge is -2.24. The minimum absolute atomic E-state index is 0.0481. The largest absolute Gasteiger partial charge is 0.373 e. The molecule has 0 aliphatic carbocycles. The van der Waals surface area contributed by atoms with E-state index >= 15 is 0 Å². The van der Waals surface area contributed by atoms with Gasteiger partial charge in [0.05, 0.1) is 0 Å². The van der Waals surface area contributed by atoms with Gasteiger partial charge in [0, 0.05) is 28.2 Å². The van der Waals surface area contributed by atoms with Crippen molar-refractivity contribution in [3.63, 3.8) is 0 Å². The van der Waals surface area contributed by atoms with E-state index in [0.717, 1.165) is 0 Å². The summed E-state index contributed by atoms with van der Waals surface area (Å²) in [6.45, 7) is 0. The van der Waals surface area contributed by atoms with Gasteiger partial charge in [-0.3, -0.25) is 0 Å². The van der Waals surface area contributed by atoms with E-state index in [2.05, 4.69) is 0 Å². The second kappa shape index (κ2) is 4.89. The Morgan fingerprint density at radius 2 is 1.06 bits per heavy atom. The van der Waals surface area contributed by atoms with Crippen LogP contribution < -0.4 is 9.80 Å². The SMILES string of the molecule is CN(C)c1c(F)c(C#N)c(C#N)c(F)c1N(C)C. The standard InChI is InChI=1S/C12H12F2N4/c1-17(2)11-9(13)7(5-15)8(6-16)10(14)12(11)18(3)4/h1-4H3. The average molecular weight is 250 g/mol. The van der Waals surface area contributed by atoms with Crippen molar-refractivity contribution in [3.05, 3.63) is 22.8 Å². The number of nitriles is 2. The van der Waals surface area contributed by atoms with E-state index in [0.29, 0.717) is 0 Å². The Morgan fingerprint density at radius 1 is 0.778 bits per heavy atom. The Bertz CT molecular complexity index is 514. The van der Waals surface area contributed by atoms with Crippen LogP contribution in [0.25, 0.3) is 0 Å². The van der Waals surface area contributed by atoms with E-state index in [-0.39, 0.29) is 11.4 Å². The average Bonchev–Trinajstić information content (AvgIpc) is 2.29. The van der Waals surface area contributed by atoms with E-state index in [1.807, 2.05) is 0 Å². The Kier molecular flexibility index (Phi) is 3.73. The first-order valence-corrected chi connectivity index (χ1v) is 5.06. The van der Waals surface area contributed by atoms with Crippen LogP contribution in [-0.4, -0.2) is 28.2 Å². The monoisotopic (exact) mass is 250 g/mol. The maximum Gasteiger partial charge on any atom is 0.167 e. The summed E-state index contributed by atoms with van der Waals surface area (Å²) in [6.07, 6.45) is 0. The molecule has 0 aliphatic rings. The maximum atomic E-state index is 14.2. The van der Waals surface area contributed by atoms with Gasteiger partial charge in [0.2, 0.25) is 0 Å². The van der Waals surface area contributed by atoms with Crippen LogP contribution in [0.3, 0.4) is 0 Å². The lowest BCUT2D eigenvalue weighted by Crippen LogP contribution is -2.21. The molecule has 0 unspecified atom stereocenters. The third-order valence-corrected chi connectivity index (χ3v) is 2.45. The number of hydrogen-bond donors (Lipinski definition) is 0. The molecule has 1 rings (SSSR count). The van der Waals surface area contributed by atoms with Gasteiger partial charge >= 0.3 is 0 Å². The van der Waals surface area contributed by atoms with Crippen LogP contribution in [0.2, 0.25) is 0 Å². The fraction of sp³-hybridized carbons (Fsp3) is 0.333. The maximum absolute atomic E-state index is 14.2. The van der Waals surface area contributed by atoms with Crippen LogP contribution in [0.15, 0.2) is 0 Å². The minimum atomic E-state index is -0.885. The first-order valence-electron chi connectivity index (χ1n) is 5.06. The summed E-state index contributed by atoms with van der Waals surface area (Å²) in [6, 6.07) is 3.07. The summed E-state index contributed by atoms with van der Waals surface area (Å²) < 4.78 is 28.3. The summed E-state index contributed by atoms with van der Waals surface area (Å²) in [7, 11) is 6.16. The van der Waals surface area contributed by atoms with Crippen LogP contribution >= 0.6 is 0 Å². The number of benzene rings is 1. The van der Waals surface area contributed by atoms with Gasteiger partial charge in [0.25, 0.3) is 0 Å². The molecule has 94 valence electrons. The van der Waals surface area contributed by atoms with Crippen molar-refractivity contribution < 1.29 is 8.78 Å². The molecule has 0 saturated heterocycles. The lowest BCUT2D eigenvalue weighted by molar-refractivity contribution is 0.592. The van der Waals surface area contributed by atoms with E-state index < -0.39 is 22.8 Å². The molecule has 0 amide bonds. The number of hydrogen-bond acceptors (Lipinski definition) is 4. The van der Waals surface area contributed by atoms with E-state index in [1.165, 1.54) is 50.1 Å². The molecule has 1 aromatic carbocycles. The molecule has 0 spiro atoms. The van der Waals surface area contributed by atoms with Gasteiger partial charge in [-0.25, -0.2) is 8.78 Å². The van der Waals surface area contributed by atoms with Crippen molar-refractivity contribution in [1.29, 1.82) is 10.5 Å². The molecular weight excluding hydrogens is 238 g/mol. The van der Waals surface area contributed by atoms with Gasteiger partial charge in [0.15, 0.2) is 11.6 Å². The van der Waals surface area contributed by atoms with Crippen molar-refractivity contribution in [3.8, 4) is 12.1 Å². The van der Waals surface area contributed by atoms with Crippen molar-refractivity contribution in [2.45, 2.75) is 0 Å². The lowest BCUT2D eigenvalue weighted by atomic mass is 10.0. The van der Waals surface area contributed by atoms with Crippen molar-refractivity contribution in [2.24, 2.45) is 0 Å². The molecule has 0 bridgehead atoms. The molecule has 1 aromatic rings. The predicted molar refractivity (Wildman–Crippen MR) is 64.4 cm³/mol. The fourth-order valence-electron chi connectivity index (χ4n) is 1.69. The van der Waals surface area contributed by atoms with Crippen LogP contribution in [0.1, 0.15) is 11.1 Å². The zero-order chi connectivity index (χ0) is 14.0. The van der Waals surface area contributed by atoms with Crippen molar-refractivity contribution in [1.82, 2.24) is 0 Å². The van der Waals surface area contributed by atoms with Gasteiger partial charge in [-0.2, -0.15) is 10.5 Å². The molecule has 0 aromatic heterocycles. The number of rotatable bonds is 2. The van der Waals surface area contributed by atoms with E-state index in [9.17, 15) is 8.78 Å². The second-order valence-electron chi connectivity index (χ2n) is 4.09. The Morgan fingerprint density at radius 3 is 1.22 bits per heavy atom. The summed E-state index contributed by atoms with van der Waals surface area (Å²) in [5.74, 6) is -1.77. The smallest absolute Gasteiger partial charge is 0.167 e. The highest BCUT2D eigenvalue weighted by Crippen LogP contribution is 2.37. The fourth-order valence-corrected chi connectivity index (χ4v) is 1.69. The normalized spacial score (nSPS) is 9.56. The van der Waals surface area contributed by atoms with Crippen LogP contribution in [0.4, 0.5) is 20.2 Å². The summed E-state index contributed by atoms with van der Waals surface area (Å²) >= 11 is 0. The van der Waals surface area contributed by atoms with Crippen LogP contribution in [0.5, 0.6) is 0 Å². The highest BCUT2D eigenvalue weighted by Gasteiger charge is 2.26. The number of halogens is 2. The molecule has 18 heavy (non-hydrogen) atoms. The van der Waals surface area contributed by atoms with E-state index in [1.54, 1.807) is 0 Å². The zero-order valence-electron chi connectivity index (χ0n) is 10.5. The molecule has 6 heteroatoms. The first-order chi connectivity index (χ1) is 8.36. The molecule has 0 radical (unpaired) electrons. The Hall–Kier alpha value is -2.34. The molecule has 4 nitrogen and oxygen atoms in total. The topological polar surface area (TPSA) is 54.1 Å². The molecule has 0 atom stereocenters. The number of anilines is 2. The predicted octanol–water partition coefficient (Wildman–Crippen LogP) is 1.84. The van der Waals surface area contributed by atoms with E-state index in [4.69, 9.17) is 10.5 Å². The molecular formula is C12H12F2N4. The molecule has 0 saturated carbocycles. The van der Waals surface area contributed by atoms with Gasteiger partial charge in [0.1, 0.15) is 34.6 Å². The third-order valence-electron chi connectivity index (χ3n) is 2.45. The van der Waals surface area contributed by atoms with Crippen molar-refractivity contribution in [2.75, 3.05) is 38.0 Å². The molecule has 0 fully saturated rings. The van der Waals surface area contributed by atoms with Gasteiger partial charge in [-0.1, -0.05) is 0 Å². The van der Waals surface area contributed by atoms with Gasteiger partial charge in [-0.05, 0) is 0 Å². The second-order valence-corrected chi connectivity index (χ2v) is 4.09. The summed E-state index contributed by atoms with van der Waals surface area (Å²) in [4.78, 5) is 2.74. The third kappa shape index (κ3) is 1.93. The first kappa shape index (κ1) is 13.7. The van der Waals surface area contributed by atoms with Gasteiger partial charge < -0.3 is 9.80 Å². The van der Waals surface area contributed by atoms with Crippen LogP contribution in [-0.2, 0) is 0 Å². The highest BCUT2D eigenvalue weighted by molar-refractivity contribution is 5.77. The highest BCUT2D eigenvalue weighted by atomic mass is 19.1. The van der Waals surface area contributed by atoms with Crippen molar-refractivity contribution >= 4 is 11.4 Å².